The summed E-state index contributed by atoms with van der Waals surface area (Å²) in [6.07, 6.45) is 0.902. The summed E-state index contributed by atoms with van der Waals surface area (Å²) in [6.45, 7) is 3.26. The van der Waals surface area contributed by atoms with Crippen LogP contribution in [0.5, 0.6) is 0 Å². The van der Waals surface area contributed by atoms with Crippen molar-refractivity contribution in [3.8, 4) is 0 Å². The third-order valence-corrected chi connectivity index (χ3v) is 1.49. The van der Waals surface area contributed by atoms with E-state index in [2.05, 4.69) is 0 Å². The van der Waals surface area contributed by atoms with Gasteiger partial charge in [-0.3, -0.25) is 0 Å². The molecule has 0 radical (unpaired) electrons. The summed E-state index contributed by atoms with van der Waals surface area (Å²) >= 11 is 5.46. The number of rotatable bonds is 9. The summed E-state index contributed by atoms with van der Waals surface area (Å²) in [5.74, 6) is 0.657. The van der Waals surface area contributed by atoms with Crippen molar-refractivity contribution in [2.24, 2.45) is 0 Å². The minimum Gasteiger partial charge on any atom is -0.382 e. The highest BCUT2D eigenvalue weighted by molar-refractivity contribution is 6.17. The Morgan fingerprint density at radius 1 is 0.917 bits per heavy atom. The summed E-state index contributed by atoms with van der Waals surface area (Å²) in [7, 11) is 1.65. The summed E-state index contributed by atoms with van der Waals surface area (Å²) < 4.78 is 15.2. The molecular formula is C8H17ClO3. The zero-order valence-electron chi connectivity index (χ0n) is 7.55. The van der Waals surface area contributed by atoms with Crippen LogP contribution in [0.25, 0.3) is 0 Å². The van der Waals surface area contributed by atoms with Gasteiger partial charge in [-0.1, -0.05) is 0 Å². The van der Waals surface area contributed by atoms with Crippen molar-refractivity contribution in [1.82, 2.24) is 0 Å². The lowest BCUT2D eigenvalue weighted by Crippen LogP contribution is -2.08. The van der Waals surface area contributed by atoms with Gasteiger partial charge < -0.3 is 14.2 Å². The maximum absolute atomic E-state index is 5.46. The molecule has 0 aliphatic rings. The second-order valence-electron chi connectivity index (χ2n) is 2.26. The average Bonchev–Trinajstić information content (AvgIpc) is 2.10. The Kier molecular flexibility index (Phi) is 11.3. The molecule has 0 N–H and O–H groups in total. The van der Waals surface area contributed by atoms with Crippen molar-refractivity contribution in [3.63, 3.8) is 0 Å². The van der Waals surface area contributed by atoms with E-state index in [1.807, 2.05) is 0 Å². The SMILES string of the molecule is COCCOCCOCCCCl. The van der Waals surface area contributed by atoms with Gasteiger partial charge >= 0.3 is 0 Å². The standard InChI is InChI=1S/C8H17ClO3/c1-10-5-6-12-8-7-11-4-2-3-9/h2-8H2,1H3. The van der Waals surface area contributed by atoms with Gasteiger partial charge in [0.25, 0.3) is 0 Å². The molecule has 4 heteroatoms. The van der Waals surface area contributed by atoms with Gasteiger partial charge in [0.2, 0.25) is 0 Å². The van der Waals surface area contributed by atoms with Crippen molar-refractivity contribution in [1.29, 1.82) is 0 Å². The lowest BCUT2D eigenvalue weighted by atomic mass is 10.5. The molecule has 0 spiro atoms. The zero-order valence-corrected chi connectivity index (χ0v) is 8.31. The Bertz CT molecular complexity index is 70.7. The van der Waals surface area contributed by atoms with E-state index in [1.165, 1.54) is 0 Å². The molecule has 3 nitrogen and oxygen atoms in total. The van der Waals surface area contributed by atoms with Crippen molar-refractivity contribution in [2.75, 3.05) is 46.0 Å². The Morgan fingerprint density at radius 3 is 2.08 bits per heavy atom. The molecule has 0 rings (SSSR count). The van der Waals surface area contributed by atoms with Gasteiger partial charge in [-0.2, -0.15) is 0 Å². The molecule has 0 heterocycles. The molecule has 0 amide bonds. The number of ether oxygens (including phenoxy) is 3. The van der Waals surface area contributed by atoms with Gasteiger partial charge in [0, 0.05) is 19.6 Å². The van der Waals surface area contributed by atoms with E-state index in [0.29, 0.717) is 32.3 Å². The van der Waals surface area contributed by atoms with E-state index >= 15 is 0 Å². The fourth-order valence-corrected chi connectivity index (χ4v) is 0.730. The Balaban J connectivity index is 2.73. The van der Waals surface area contributed by atoms with E-state index in [0.717, 1.165) is 13.0 Å². The van der Waals surface area contributed by atoms with Gasteiger partial charge in [0.1, 0.15) is 0 Å². The van der Waals surface area contributed by atoms with Crippen LogP contribution in [0.1, 0.15) is 6.42 Å². The summed E-state index contributed by atoms with van der Waals surface area (Å²) in [4.78, 5) is 0. The lowest BCUT2D eigenvalue weighted by Gasteiger charge is -2.03. The Hall–Kier alpha value is 0.170. The molecule has 0 atom stereocenters. The van der Waals surface area contributed by atoms with Crippen LogP contribution >= 0.6 is 11.6 Å². The molecule has 0 saturated heterocycles. The van der Waals surface area contributed by atoms with Gasteiger partial charge in [-0.15, -0.1) is 11.6 Å². The predicted octanol–water partition coefficient (Wildman–Crippen LogP) is 1.29. The molecule has 0 aliphatic carbocycles. The van der Waals surface area contributed by atoms with Crippen molar-refractivity contribution in [3.05, 3.63) is 0 Å². The fraction of sp³-hybridized carbons (Fsp3) is 1.00. The van der Waals surface area contributed by atoms with Gasteiger partial charge in [0.05, 0.1) is 26.4 Å². The first-order valence-corrected chi connectivity index (χ1v) is 4.65. The average molecular weight is 197 g/mol. The largest absolute Gasteiger partial charge is 0.382 e. The van der Waals surface area contributed by atoms with Crippen molar-refractivity contribution in [2.45, 2.75) is 6.42 Å². The first-order valence-electron chi connectivity index (χ1n) is 4.12. The Morgan fingerprint density at radius 2 is 1.50 bits per heavy atom. The molecule has 0 aromatic heterocycles. The van der Waals surface area contributed by atoms with Gasteiger partial charge in [-0.25, -0.2) is 0 Å². The summed E-state index contributed by atoms with van der Waals surface area (Å²) in [5.41, 5.74) is 0. The molecule has 0 aliphatic heterocycles. The van der Waals surface area contributed by atoms with Gasteiger partial charge in [-0.05, 0) is 6.42 Å². The zero-order chi connectivity index (χ0) is 9.07. The number of alkyl halides is 1. The second-order valence-corrected chi connectivity index (χ2v) is 2.64. The number of hydrogen-bond acceptors (Lipinski definition) is 3. The topological polar surface area (TPSA) is 27.7 Å². The Labute approximate surface area is 78.9 Å². The molecule has 0 aromatic rings. The first-order chi connectivity index (χ1) is 5.91. The summed E-state index contributed by atoms with van der Waals surface area (Å²) in [5, 5.41) is 0. The predicted molar refractivity (Wildman–Crippen MR) is 48.9 cm³/mol. The van der Waals surface area contributed by atoms with Crippen LogP contribution in [0, 0.1) is 0 Å². The van der Waals surface area contributed by atoms with Crippen molar-refractivity contribution < 1.29 is 14.2 Å². The minimum absolute atomic E-state index is 0.631. The van der Waals surface area contributed by atoms with Crippen LogP contribution in [0.3, 0.4) is 0 Å². The second kappa shape index (κ2) is 11.2. The maximum atomic E-state index is 5.46. The molecule has 0 bridgehead atoms. The fourth-order valence-electron chi connectivity index (χ4n) is 0.621. The third-order valence-electron chi connectivity index (χ3n) is 1.23. The molecule has 0 unspecified atom stereocenters. The van der Waals surface area contributed by atoms with Crippen LogP contribution < -0.4 is 0 Å². The van der Waals surface area contributed by atoms with E-state index in [4.69, 9.17) is 25.8 Å². The van der Waals surface area contributed by atoms with Gasteiger partial charge in [0.15, 0.2) is 0 Å². The van der Waals surface area contributed by atoms with Crippen LogP contribution in [-0.2, 0) is 14.2 Å². The highest BCUT2D eigenvalue weighted by Gasteiger charge is 1.89. The highest BCUT2D eigenvalue weighted by Crippen LogP contribution is 1.86. The van der Waals surface area contributed by atoms with Crippen LogP contribution in [0.4, 0.5) is 0 Å². The summed E-state index contributed by atoms with van der Waals surface area (Å²) in [6, 6.07) is 0. The van der Waals surface area contributed by atoms with Crippen molar-refractivity contribution >= 4 is 11.6 Å². The number of methoxy groups -OCH3 is 1. The molecular weight excluding hydrogens is 180 g/mol. The van der Waals surface area contributed by atoms with E-state index in [9.17, 15) is 0 Å². The molecule has 0 aromatic carbocycles. The van der Waals surface area contributed by atoms with E-state index < -0.39 is 0 Å². The normalized spacial score (nSPS) is 10.5. The maximum Gasteiger partial charge on any atom is 0.0701 e. The lowest BCUT2D eigenvalue weighted by molar-refractivity contribution is 0.0251. The molecule has 74 valence electrons. The third kappa shape index (κ3) is 10.2. The van der Waals surface area contributed by atoms with Crippen LogP contribution in [0.15, 0.2) is 0 Å². The molecule has 12 heavy (non-hydrogen) atoms. The van der Waals surface area contributed by atoms with Crippen LogP contribution in [0.2, 0.25) is 0 Å². The van der Waals surface area contributed by atoms with E-state index in [1.54, 1.807) is 7.11 Å². The number of halogens is 1. The smallest absolute Gasteiger partial charge is 0.0701 e. The number of hydrogen-bond donors (Lipinski definition) is 0. The quantitative estimate of drug-likeness (QED) is 0.411. The van der Waals surface area contributed by atoms with Crippen LogP contribution in [-0.4, -0.2) is 46.0 Å². The minimum atomic E-state index is 0.631. The highest BCUT2D eigenvalue weighted by atomic mass is 35.5. The first kappa shape index (κ1) is 12.2. The molecule has 0 fully saturated rings. The monoisotopic (exact) mass is 196 g/mol. The van der Waals surface area contributed by atoms with E-state index in [-0.39, 0.29) is 0 Å². The molecule has 0 saturated carbocycles.